The molecule has 0 spiro atoms. The van der Waals surface area contributed by atoms with Crippen LogP contribution in [0.5, 0.6) is 0 Å². The Bertz CT molecular complexity index is 327. The molecule has 15 heavy (non-hydrogen) atoms. The number of aromatic nitrogens is 3. The highest BCUT2D eigenvalue weighted by Crippen LogP contribution is 2.20. The highest BCUT2D eigenvalue weighted by atomic mass is 15.4. The van der Waals surface area contributed by atoms with Gasteiger partial charge in [0.05, 0.1) is 5.69 Å². The quantitative estimate of drug-likeness (QED) is 0.695. The molecule has 1 aliphatic carbocycles. The number of rotatable bonds is 2. The second-order valence-corrected chi connectivity index (χ2v) is 4.43. The molecule has 0 aliphatic heterocycles. The first-order chi connectivity index (χ1) is 7.34. The van der Waals surface area contributed by atoms with E-state index in [1.807, 2.05) is 17.8 Å². The fourth-order valence-electron chi connectivity index (χ4n) is 2.17. The maximum Gasteiger partial charge on any atom is 0.0796 e. The molecule has 82 valence electrons. The fourth-order valence-corrected chi connectivity index (χ4v) is 2.17. The molecule has 0 radical (unpaired) electrons. The maximum atomic E-state index is 4.11. The molecular weight excluding hydrogens is 186 g/mol. The average molecular weight is 205 g/mol. The van der Waals surface area contributed by atoms with E-state index in [4.69, 9.17) is 0 Å². The molecular formula is C12H19N3. The normalized spacial score (nSPS) is 24.5. The second-order valence-electron chi connectivity index (χ2n) is 4.43. The predicted octanol–water partition coefficient (Wildman–Crippen LogP) is 2.72. The fraction of sp³-hybridized carbons (Fsp3) is 0.667. The first kappa shape index (κ1) is 10.4. The predicted molar refractivity (Wildman–Crippen MR) is 60.5 cm³/mol. The van der Waals surface area contributed by atoms with E-state index in [0.717, 1.165) is 18.2 Å². The van der Waals surface area contributed by atoms with Crippen molar-refractivity contribution in [1.29, 1.82) is 0 Å². The van der Waals surface area contributed by atoms with Crippen molar-refractivity contribution in [3.8, 4) is 0 Å². The second kappa shape index (κ2) is 5.10. The Balaban J connectivity index is 1.90. The zero-order chi connectivity index (χ0) is 10.5. The van der Waals surface area contributed by atoms with Gasteiger partial charge in [-0.3, -0.25) is 4.68 Å². The lowest BCUT2D eigenvalue weighted by molar-refractivity contribution is 0.357. The Morgan fingerprint density at radius 2 is 2.20 bits per heavy atom. The number of hydrogen-bond donors (Lipinski definition) is 0. The van der Waals surface area contributed by atoms with Gasteiger partial charge in [-0.25, -0.2) is 0 Å². The lowest BCUT2D eigenvalue weighted by Gasteiger charge is -2.16. The van der Waals surface area contributed by atoms with Crippen LogP contribution in [0.25, 0.3) is 0 Å². The third kappa shape index (κ3) is 3.18. The molecule has 2 rings (SSSR count). The highest BCUT2D eigenvalue weighted by Gasteiger charge is 2.10. The van der Waals surface area contributed by atoms with Crippen LogP contribution in [0.1, 0.15) is 37.8 Å². The summed E-state index contributed by atoms with van der Waals surface area (Å²) in [6, 6.07) is 0. The molecule has 3 nitrogen and oxygen atoms in total. The highest BCUT2D eigenvalue weighted by molar-refractivity contribution is 4.88. The summed E-state index contributed by atoms with van der Waals surface area (Å²) in [6.45, 7) is 3.03. The minimum absolute atomic E-state index is 0.774. The topological polar surface area (TPSA) is 30.7 Å². The van der Waals surface area contributed by atoms with Gasteiger partial charge in [0.25, 0.3) is 0 Å². The minimum atomic E-state index is 0.774. The Hall–Kier alpha value is -1.12. The van der Waals surface area contributed by atoms with Crippen molar-refractivity contribution in [2.24, 2.45) is 5.92 Å². The van der Waals surface area contributed by atoms with Crippen LogP contribution in [0.4, 0.5) is 0 Å². The third-order valence-corrected chi connectivity index (χ3v) is 2.99. The summed E-state index contributed by atoms with van der Waals surface area (Å²) in [5.41, 5.74) is 1.01. The molecule has 0 aromatic carbocycles. The molecule has 1 aromatic heterocycles. The van der Waals surface area contributed by atoms with Crippen LogP contribution in [0.2, 0.25) is 0 Å². The smallest absolute Gasteiger partial charge is 0.0796 e. The van der Waals surface area contributed by atoms with Gasteiger partial charge in [-0.05, 0) is 44.9 Å². The summed E-state index contributed by atoms with van der Waals surface area (Å²) in [4.78, 5) is 0. The molecule has 0 amide bonds. The van der Waals surface area contributed by atoms with Crippen LogP contribution in [-0.2, 0) is 6.54 Å². The molecule has 1 atom stereocenters. The molecule has 1 aliphatic rings. The van der Waals surface area contributed by atoms with E-state index in [9.17, 15) is 0 Å². The van der Waals surface area contributed by atoms with Crippen LogP contribution in [-0.4, -0.2) is 15.0 Å². The van der Waals surface area contributed by atoms with E-state index in [0.29, 0.717) is 0 Å². The van der Waals surface area contributed by atoms with E-state index >= 15 is 0 Å². The zero-order valence-corrected chi connectivity index (χ0v) is 9.39. The molecule has 0 fully saturated rings. The van der Waals surface area contributed by atoms with Gasteiger partial charge >= 0.3 is 0 Å². The number of allylic oxidation sites excluding steroid dienone is 2. The zero-order valence-electron chi connectivity index (χ0n) is 9.39. The van der Waals surface area contributed by atoms with Crippen molar-refractivity contribution in [3.63, 3.8) is 0 Å². The van der Waals surface area contributed by atoms with Crippen LogP contribution >= 0.6 is 0 Å². The molecule has 3 heteroatoms. The van der Waals surface area contributed by atoms with E-state index in [1.165, 1.54) is 32.1 Å². The van der Waals surface area contributed by atoms with Crippen molar-refractivity contribution < 1.29 is 0 Å². The Morgan fingerprint density at radius 3 is 3.00 bits per heavy atom. The van der Waals surface area contributed by atoms with Gasteiger partial charge in [0.2, 0.25) is 0 Å². The summed E-state index contributed by atoms with van der Waals surface area (Å²) in [7, 11) is 0. The maximum absolute atomic E-state index is 4.11. The standard InChI is InChI=1S/C12H19N3/c1-11-9-15(14-13-11)10-12-7-5-3-2-4-6-8-12/h2-3,9,12H,4-8,10H2,1H3/b3-2-. The largest absolute Gasteiger partial charge is 0.252 e. The van der Waals surface area contributed by atoms with Crippen LogP contribution in [0, 0.1) is 12.8 Å². The van der Waals surface area contributed by atoms with Crippen LogP contribution in [0.15, 0.2) is 18.3 Å². The van der Waals surface area contributed by atoms with Gasteiger partial charge in [0.15, 0.2) is 0 Å². The van der Waals surface area contributed by atoms with Gasteiger partial charge in [0.1, 0.15) is 0 Å². The number of aryl methyl sites for hydroxylation is 1. The number of nitrogens with zero attached hydrogens (tertiary/aromatic N) is 3. The lowest BCUT2D eigenvalue weighted by Crippen LogP contribution is -2.12. The Labute approximate surface area is 91.2 Å². The lowest BCUT2D eigenvalue weighted by atomic mass is 9.94. The van der Waals surface area contributed by atoms with Gasteiger partial charge in [-0.1, -0.05) is 17.4 Å². The third-order valence-electron chi connectivity index (χ3n) is 2.99. The summed E-state index contributed by atoms with van der Waals surface area (Å²) in [6.07, 6.45) is 13.1. The summed E-state index contributed by atoms with van der Waals surface area (Å²) in [5.74, 6) is 0.774. The van der Waals surface area contributed by atoms with Crippen molar-refractivity contribution in [1.82, 2.24) is 15.0 Å². The minimum Gasteiger partial charge on any atom is -0.252 e. The van der Waals surface area contributed by atoms with Crippen molar-refractivity contribution in [2.45, 2.75) is 45.6 Å². The molecule has 0 N–H and O–H groups in total. The van der Waals surface area contributed by atoms with Gasteiger partial charge < -0.3 is 0 Å². The van der Waals surface area contributed by atoms with Gasteiger partial charge in [-0.15, -0.1) is 5.10 Å². The van der Waals surface area contributed by atoms with Crippen LogP contribution in [0.3, 0.4) is 0 Å². The molecule has 0 saturated heterocycles. The number of hydrogen-bond acceptors (Lipinski definition) is 2. The summed E-state index contributed by atoms with van der Waals surface area (Å²) in [5, 5.41) is 8.14. The van der Waals surface area contributed by atoms with Crippen molar-refractivity contribution in [3.05, 3.63) is 24.0 Å². The van der Waals surface area contributed by atoms with Crippen molar-refractivity contribution in [2.75, 3.05) is 0 Å². The molecule has 1 aromatic rings. The van der Waals surface area contributed by atoms with E-state index in [-0.39, 0.29) is 0 Å². The van der Waals surface area contributed by atoms with Gasteiger partial charge in [0, 0.05) is 12.7 Å². The Kier molecular flexibility index (Phi) is 3.54. The molecule has 0 saturated carbocycles. The van der Waals surface area contributed by atoms with E-state index in [1.54, 1.807) is 0 Å². The first-order valence-electron chi connectivity index (χ1n) is 5.86. The SMILES string of the molecule is Cc1cn(CC2CC/C=C\CCC2)nn1. The molecule has 0 bridgehead atoms. The average Bonchev–Trinajstić information content (AvgIpc) is 2.56. The molecule has 1 unspecified atom stereocenters. The van der Waals surface area contributed by atoms with E-state index in [2.05, 4.69) is 22.5 Å². The first-order valence-corrected chi connectivity index (χ1v) is 5.86. The van der Waals surface area contributed by atoms with E-state index < -0.39 is 0 Å². The Morgan fingerprint density at radius 1 is 1.33 bits per heavy atom. The van der Waals surface area contributed by atoms with Crippen LogP contribution < -0.4 is 0 Å². The van der Waals surface area contributed by atoms with Crippen molar-refractivity contribution >= 4 is 0 Å². The summed E-state index contributed by atoms with van der Waals surface area (Å²) < 4.78 is 1.99. The summed E-state index contributed by atoms with van der Waals surface area (Å²) >= 11 is 0. The molecule has 1 heterocycles. The van der Waals surface area contributed by atoms with Gasteiger partial charge in [-0.2, -0.15) is 0 Å². The monoisotopic (exact) mass is 205 g/mol.